The van der Waals surface area contributed by atoms with Crippen molar-refractivity contribution >= 4 is 17.5 Å². The molecule has 0 saturated heterocycles. The first-order valence-electron chi connectivity index (χ1n) is 5.39. The smallest absolute Gasteiger partial charge is 0.233 e. The Hall–Kier alpha value is -1.06. The molecule has 4 heteroatoms. The van der Waals surface area contributed by atoms with Gasteiger partial charge in [-0.1, -0.05) is 23.7 Å². The Kier molecular flexibility index (Phi) is 5.29. The Balaban J connectivity index is 2.46. The zero-order valence-electron chi connectivity index (χ0n) is 9.59. The van der Waals surface area contributed by atoms with E-state index >= 15 is 0 Å². The Morgan fingerprint density at radius 3 is 2.88 bits per heavy atom. The highest BCUT2D eigenvalue weighted by Gasteiger charge is 2.07. The largest absolute Gasteiger partial charge is 0.355 e. The standard InChI is InChI=1S/C12H17ClN2O/c1-3-14-12(16)8-15-9(2)10-5-4-6-11(13)7-10/h4-7,9,15H,3,8H2,1-2H3,(H,14,16)/t9-/m1/s1. The van der Waals surface area contributed by atoms with Crippen molar-refractivity contribution in [1.82, 2.24) is 10.6 Å². The molecule has 0 radical (unpaired) electrons. The summed E-state index contributed by atoms with van der Waals surface area (Å²) in [7, 11) is 0. The van der Waals surface area contributed by atoms with E-state index in [1.165, 1.54) is 0 Å². The molecule has 1 atom stereocenters. The molecule has 0 fully saturated rings. The maximum atomic E-state index is 11.2. The molecule has 0 aliphatic carbocycles. The van der Waals surface area contributed by atoms with Crippen LogP contribution in [0.3, 0.4) is 0 Å². The molecule has 0 unspecified atom stereocenters. The Labute approximate surface area is 101 Å². The minimum absolute atomic E-state index is 0.0105. The lowest BCUT2D eigenvalue weighted by atomic mass is 10.1. The third-order valence-corrected chi connectivity index (χ3v) is 2.53. The van der Waals surface area contributed by atoms with Crippen molar-refractivity contribution < 1.29 is 4.79 Å². The lowest BCUT2D eigenvalue weighted by Gasteiger charge is -2.14. The van der Waals surface area contributed by atoms with Crippen molar-refractivity contribution in [2.75, 3.05) is 13.1 Å². The summed E-state index contributed by atoms with van der Waals surface area (Å²) < 4.78 is 0. The molecule has 0 saturated carbocycles. The van der Waals surface area contributed by atoms with Crippen molar-refractivity contribution in [3.05, 3.63) is 34.9 Å². The summed E-state index contributed by atoms with van der Waals surface area (Å²) >= 11 is 5.89. The van der Waals surface area contributed by atoms with Crippen LogP contribution in [0.4, 0.5) is 0 Å². The molecule has 0 aliphatic heterocycles. The van der Waals surface area contributed by atoms with Crippen molar-refractivity contribution in [1.29, 1.82) is 0 Å². The first-order valence-corrected chi connectivity index (χ1v) is 5.76. The SMILES string of the molecule is CCNC(=O)CN[C@H](C)c1cccc(Cl)c1. The predicted molar refractivity (Wildman–Crippen MR) is 66.6 cm³/mol. The Morgan fingerprint density at radius 2 is 2.25 bits per heavy atom. The van der Waals surface area contributed by atoms with Crippen LogP contribution in [-0.4, -0.2) is 19.0 Å². The van der Waals surface area contributed by atoms with Gasteiger partial charge in [-0.05, 0) is 31.5 Å². The number of carbonyl (C=O) groups excluding carboxylic acids is 1. The third kappa shape index (κ3) is 4.21. The van der Waals surface area contributed by atoms with Crippen LogP contribution < -0.4 is 10.6 Å². The average Bonchev–Trinajstić information content (AvgIpc) is 2.26. The number of amides is 1. The van der Waals surface area contributed by atoms with Gasteiger partial charge in [0.1, 0.15) is 0 Å². The van der Waals surface area contributed by atoms with E-state index < -0.39 is 0 Å². The molecule has 1 aromatic carbocycles. The lowest BCUT2D eigenvalue weighted by Crippen LogP contribution is -2.34. The molecule has 0 heterocycles. The topological polar surface area (TPSA) is 41.1 Å². The summed E-state index contributed by atoms with van der Waals surface area (Å²) in [5.74, 6) is 0.0105. The zero-order chi connectivity index (χ0) is 12.0. The monoisotopic (exact) mass is 240 g/mol. The first-order chi connectivity index (χ1) is 7.63. The molecule has 0 aliphatic rings. The van der Waals surface area contributed by atoms with Gasteiger partial charge in [0.25, 0.3) is 0 Å². The van der Waals surface area contributed by atoms with Crippen LogP contribution in [0, 0.1) is 0 Å². The molecule has 0 spiro atoms. The van der Waals surface area contributed by atoms with E-state index in [2.05, 4.69) is 10.6 Å². The van der Waals surface area contributed by atoms with Gasteiger partial charge in [-0.2, -0.15) is 0 Å². The molecule has 1 aromatic rings. The summed E-state index contributed by atoms with van der Waals surface area (Å²) in [5, 5.41) is 6.59. The molecule has 0 bridgehead atoms. The molecular formula is C12H17ClN2O. The van der Waals surface area contributed by atoms with Gasteiger partial charge in [-0.15, -0.1) is 0 Å². The second kappa shape index (κ2) is 6.51. The number of rotatable bonds is 5. The van der Waals surface area contributed by atoms with Crippen LogP contribution in [0.25, 0.3) is 0 Å². The van der Waals surface area contributed by atoms with Crippen LogP contribution in [0.5, 0.6) is 0 Å². The van der Waals surface area contributed by atoms with Gasteiger partial charge in [0, 0.05) is 17.6 Å². The first kappa shape index (κ1) is 13.0. The number of hydrogen-bond acceptors (Lipinski definition) is 2. The van der Waals surface area contributed by atoms with E-state index in [-0.39, 0.29) is 11.9 Å². The van der Waals surface area contributed by atoms with Gasteiger partial charge in [-0.3, -0.25) is 4.79 Å². The Bertz CT molecular complexity index is 355. The summed E-state index contributed by atoms with van der Waals surface area (Å²) in [6, 6.07) is 7.74. The highest BCUT2D eigenvalue weighted by Crippen LogP contribution is 2.16. The van der Waals surface area contributed by atoms with Crippen molar-refractivity contribution in [3.8, 4) is 0 Å². The van der Waals surface area contributed by atoms with Crippen molar-refractivity contribution in [2.24, 2.45) is 0 Å². The van der Waals surface area contributed by atoms with E-state index in [0.717, 1.165) is 5.56 Å². The molecule has 1 amide bonds. The zero-order valence-corrected chi connectivity index (χ0v) is 10.3. The van der Waals surface area contributed by atoms with Gasteiger partial charge in [0.15, 0.2) is 0 Å². The minimum Gasteiger partial charge on any atom is -0.355 e. The van der Waals surface area contributed by atoms with Crippen LogP contribution in [0.1, 0.15) is 25.5 Å². The van der Waals surface area contributed by atoms with Gasteiger partial charge in [-0.25, -0.2) is 0 Å². The molecule has 1 rings (SSSR count). The lowest BCUT2D eigenvalue weighted by molar-refractivity contribution is -0.120. The quantitative estimate of drug-likeness (QED) is 0.828. The molecule has 2 N–H and O–H groups in total. The molecule has 3 nitrogen and oxygen atoms in total. The number of likely N-dealkylation sites (N-methyl/N-ethyl adjacent to an activating group) is 1. The maximum Gasteiger partial charge on any atom is 0.233 e. The van der Waals surface area contributed by atoms with Gasteiger partial charge >= 0.3 is 0 Å². The number of carbonyl (C=O) groups is 1. The van der Waals surface area contributed by atoms with E-state index in [1.54, 1.807) is 0 Å². The normalized spacial score (nSPS) is 12.2. The van der Waals surface area contributed by atoms with Crippen LogP contribution >= 0.6 is 11.6 Å². The van der Waals surface area contributed by atoms with Crippen molar-refractivity contribution in [2.45, 2.75) is 19.9 Å². The highest BCUT2D eigenvalue weighted by molar-refractivity contribution is 6.30. The second-order valence-corrected chi connectivity index (χ2v) is 4.05. The number of halogens is 1. The van der Waals surface area contributed by atoms with Gasteiger partial charge < -0.3 is 10.6 Å². The van der Waals surface area contributed by atoms with E-state index in [1.807, 2.05) is 38.1 Å². The van der Waals surface area contributed by atoms with E-state index in [0.29, 0.717) is 18.1 Å². The molecule has 88 valence electrons. The fourth-order valence-electron chi connectivity index (χ4n) is 1.40. The summed E-state index contributed by atoms with van der Waals surface area (Å²) in [6.45, 7) is 4.89. The minimum atomic E-state index is 0.0105. The Morgan fingerprint density at radius 1 is 1.50 bits per heavy atom. The maximum absolute atomic E-state index is 11.2. The third-order valence-electron chi connectivity index (χ3n) is 2.29. The predicted octanol–water partition coefficient (Wildman–Crippen LogP) is 2.13. The molecule has 16 heavy (non-hydrogen) atoms. The van der Waals surface area contributed by atoms with E-state index in [4.69, 9.17) is 11.6 Å². The summed E-state index contributed by atoms with van der Waals surface area (Å²) in [5.41, 5.74) is 1.08. The second-order valence-electron chi connectivity index (χ2n) is 3.61. The van der Waals surface area contributed by atoms with Crippen LogP contribution in [0.2, 0.25) is 5.02 Å². The van der Waals surface area contributed by atoms with E-state index in [9.17, 15) is 4.79 Å². The highest BCUT2D eigenvalue weighted by atomic mass is 35.5. The summed E-state index contributed by atoms with van der Waals surface area (Å²) in [4.78, 5) is 11.2. The number of nitrogens with one attached hydrogen (secondary N) is 2. The summed E-state index contributed by atoms with van der Waals surface area (Å²) in [6.07, 6.45) is 0. The van der Waals surface area contributed by atoms with Crippen LogP contribution in [0.15, 0.2) is 24.3 Å². The fourth-order valence-corrected chi connectivity index (χ4v) is 1.60. The molecule has 0 aromatic heterocycles. The number of hydrogen-bond donors (Lipinski definition) is 2. The van der Waals surface area contributed by atoms with Gasteiger partial charge in [0.05, 0.1) is 6.54 Å². The van der Waals surface area contributed by atoms with Crippen molar-refractivity contribution in [3.63, 3.8) is 0 Å². The molecular weight excluding hydrogens is 224 g/mol. The van der Waals surface area contributed by atoms with Gasteiger partial charge in [0.2, 0.25) is 5.91 Å². The average molecular weight is 241 g/mol. The fraction of sp³-hybridized carbons (Fsp3) is 0.417. The van der Waals surface area contributed by atoms with Crippen LogP contribution in [-0.2, 0) is 4.79 Å². The number of benzene rings is 1.